The van der Waals surface area contributed by atoms with Crippen LogP contribution < -0.4 is 4.74 Å². The van der Waals surface area contributed by atoms with Crippen molar-refractivity contribution in [3.05, 3.63) is 30.3 Å². The molecule has 102 valence electrons. The summed E-state index contributed by atoms with van der Waals surface area (Å²) in [6.45, 7) is 6.42. The molecule has 3 heteroatoms. The third-order valence-electron chi connectivity index (χ3n) is 3.03. The highest BCUT2D eigenvalue weighted by atomic mass is 16.5. The van der Waals surface area contributed by atoms with Gasteiger partial charge < -0.3 is 14.7 Å². The average molecular weight is 251 g/mol. The van der Waals surface area contributed by atoms with E-state index in [0.717, 1.165) is 12.3 Å². The van der Waals surface area contributed by atoms with E-state index in [9.17, 15) is 5.11 Å². The largest absolute Gasteiger partial charge is 0.491 e. The first kappa shape index (κ1) is 15.0. The number of benzene rings is 1. The van der Waals surface area contributed by atoms with Gasteiger partial charge in [-0.15, -0.1) is 0 Å². The molecule has 2 atom stereocenters. The molecule has 0 saturated heterocycles. The lowest BCUT2D eigenvalue weighted by molar-refractivity contribution is 0.0723. The number of para-hydroxylation sites is 1. The number of rotatable bonds is 8. The Morgan fingerprint density at radius 1 is 1.22 bits per heavy atom. The lowest BCUT2D eigenvalue weighted by Crippen LogP contribution is -2.35. The number of ether oxygens (including phenoxy) is 1. The maximum atomic E-state index is 9.90. The smallest absolute Gasteiger partial charge is 0.119 e. The fraction of sp³-hybridized carbons (Fsp3) is 0.600. The molecule has 0 radical (unpaired) electrons. The van der Waals surface area contributed by atoms with Crippen LogP contribution in [0.15, 0.2) is 30.3 Å². The Labute approximate surface area is 110 Å². The van der Waals surface area contributed by atoms with Crippen molar-refractivity contribution in [2.24, 2.45) is 5.92 Å². The summed E-state index contributed by atoms with van der Waals surface area (Å²) in [5.74, 6) is 1.47. The maximum Gasteiger partial charge on any atom is 0.119 e. The average Bonchev–Trinajstić information content (AvgIpc) is 2.37. The highest BCUT2D eigenvalue weighted by Gasteiger charge is 2.11. The molecule has 0 heterocycles. The van der Waals surface area contributed by atoms with Gasteiger partial charge in [-0.1, -0.05) is 38.5 Å². The van der Waals surface area contributed by atoms with Gasteiger partial charge in [0.15, 0.2) is 0 Å². The van der Waals surface area contributed by atoms with E-state index in [1.807, 2.05) is 37.4 Å². The lowest BCUT2D eigenvalue weighted by Gasteiger charge is -2.23. The second kappa shape index (κ2) is 8.11. The van der Waals surface area contributed by atoms with Gasteiger partial charge in [0, 0.05) is 13.1 Å². The van der Waals surface area contributed by atoms with E-state index < -0.39 is 6.10 Å². The van der Waals surface area contributed by atoms with Gasteiger partial charge in [0.05, 0.1) is 0 Å². The quantitative estimate of drug-likeness (QED) is 0.770. The molecule has 1 N–H and O–H groups in total. The summed E-state index contributed by atoms with van der Waals surface area (Å²) in [6, 6.07) is 9.60. The summed E-state index contributed by atoms with van der Waals surface area (Å²) in [4.78, 5) is 2.16. The number of nitrogens with zero attached hydrogens (tertiary/aromatic N) is 1. The van der Waals surface area contributed by atoms with Crippen molar-refractivity contribution in [2.75, 3.05) is 26.7 Å². The van der Waals surface area contributed by atoms with E-state index in [-0.39, 0.29) is 0 Å². The first-order valence-corrected chi connectivity index (χ1v) is 6.66. The topological polar surface area (TPSA) is 32.7 Å². The number of likely N-dealkylation sites (N-methyl/N-ethyl adjacent to an activating group) is 1. The van der Waals surface area contributed by atoms with E-state index in [2.05, 4.69) is 18.7 Å². The predicted molar refractivity (Wildman–Crippen MR) is 74.9 cm³/mol. The van der Waals surface area contributed by atoms with Crippen molar-refractivity contribution in [1.82, 2.24) is 4.90 Å². The number of aliphatic hydroxyl groups is 1. The van der Waals surface area contributed by atoms with E-state index in [1.165, 1.54) is 6.42 Å². The van der Waals surface area contributed by atoms with Crippen LogP contribution in [0.4, 0.5) is 0 Å². The Hall–Kier alpha value is -1.06. The zero-order valence-corrected chi connectivity index (χ0v) is 11.7. The second-order valence-corrected chi connectivity index (χ2v) is 5.01. The van der Waals surface area contributed by atoms with Crippen molar-refractivity contribution < 1.29 is 9.84 Å². The number of aliphatic hydroxyl groups excluding tert-OH is 1. The first-order chi connectivity index (χ1) is 8.61. The predicted octanol–water partition coefficient (Wildman–Crippen LogP) is 2.40. The van der Waals surface area contributed by atoms with E-state index >= 15 is 0 Å². The summed E-state index contributed by atoms with van der Waals surface area (Å²) in [5.41, 5.74) is 0. The number of hydrogen-bond acceptors (Lipinski definition) is 3. The monoisotopic (exact) mass is 251 g/mol. The third kappa shape index (κ3) is 6.03. The molecule has 0 spiro atoms. The lowest BCUT2D eigenvalue weighted by atomic mass is 10.1. The summed E-state index contributed by atoms with van der Waals surface area (Å²) in [6.07, 6.45) is 0.722. The van der Waals surface area contributed by atoms with Crippen molar-refractivity contribution >= 4 is 0 Å². The minimum Gasteiger partial charge on any atom is -0.491 e. The molecule has 3 nitrogen and oxygen atoms in total. The minimum absolute atomic E-state index is 0.342. The molecule has 1 aromatic rings. The fourth-order valence-electron chi connectivity index (χ4n) is 1.86. The van der Waals surface area contributed by atoms with Gasteiger partial charge in [-0.05, 0) is 25.1 Å². The van der Waals surface area contributed by atoms with Crippen LogP contribution >= 0.6 is 0 Å². The van der Waals surface area contributed by atoms with Gasteiger partial charge >= 0.3 is 0 Å². The van der Waals surface area contributed by atoms with Gasteiger partial charge in [0.25, 0.3) is 0 Å². The van der Waals surface area contributed by atoms with E-state index in [0.29, 0.717) is 19.1 Å². The number of hydrogen-bond donors (Lipinski definition) is 1. The van der Waals surface area contributed by atoms with E-state index in [1.54, 1.807) is 0 Å². The van der Waals surface area contributed by atoms with Crippen LogP contribution in [0.5, 0.6) is 5.75 Å². The first-order valence-electron chi connectivity index (χ1n) is 6.66. The normalized spacial score (nSPS) is 14.5. The van der Waals surface area contributed by atoms with Crippen LogP contribution in [0.25, 0.3) is 0 Å². The third-order valence-corrected chi connectivity index (χ3v) is 3.03. The standard InChI is InChI=1S/C15H25NO2/c1-4-13(2)10-16(3)11-14(17)12-18-15-8-6-5-7-9-15/h5-9,13-14,17H,4,10-12H2,1-3H3. The van der Waals surface area contributed by atoms with Crippen LogP contribution in [-0.4, -0.2) is 42.9 Å². The van der Waals surface area contributed by atoms with Crippen LogP contribution in [0, 0.1) is 5.92 Å². The Bertz CT molecular complexity index is 316. The van der Waals surface area contributed by atoms with Crippen molar-refractivity contribution in [3.8, 4) is 5.75 Å². The molecular weight excluding hydrogens is 226 g/mol. The highest BCUT2D eigenvalue weighted by molar-refractivity contribution is 5.20. The molecule has 0 saturated carbocycles. The molecule has 0 amide bonds. The van der Waals surface area contributed by atoms with Gasteiger partial charge in [-0.3, -0.25) is 0 Å². The maximum absolute atomic E-state index is 9.90. The Morgan fingerprint density at radius 2 is 1.89 bits per heavy atom. The minimum atomic E-state index is -0.445. The Morgan fingerprint density at radius 3 is 2.50 bits per heavy atom. The van der Waals surface area contributed by atoms with Crippen LogP contribution in [-0.2, 0) is 0 Å². The SMILES string of the molecule is CCC(C)CN(C)CC(O)COc1ccccc1. The Balaban J connectivity index is 2.23. The zero-order chi connectivity index (χ0) is 13.4. The van der Waals surface area contributed by atoms with Gasteiger partial charge in [0.2, 0.25) is 0 Å². The molecule has 0 aliphatic rings. The molecule has 2 unspecified atom stereocenters. The molecule has 1 aromatic carbocycles. The molecule has 18 heavy (non-hydrogen) atoms. The summed E-state index contributed by atoms with van der Waals surface area (Å²) in [7, 11) is 2.04. The Kier molecular flexibility index (Phi) is 6.76. The molecule has 0 aliphatic heterocycles. The molecule has 0 bridgehead atoms. The summed E-state index contributed by atoms with van der Waals surface area (Å²) in [5, 5.41) is 9.90. The van der Waals surface area contributed by atoms with Gasteiger partial charge in [-0.2, -0.15) is 0 Å². The van der Waals surface area contributed by atoms with Crippen molar-refractivity contribution in [2.45, 2.75) is 26.4 Å². The molecule has 0 aromatic heterocycles. The molecule has 1 rings (SSSR count). The van der Waals surface area contributed by atoms with Gasteiger partial charge in [0.1, 0.15) is 18.5 Å². The van der Waals surface area contributed by atoms with Crippen LogP contribution in [0.2, 0.25) is 0 Å². The van der Waals surface area contributed by atoms with Crippen LogP contribution in [0.3, 0.4) is 0 Å². The zero-order valence-electron chi connectivity index (χ0n) is 11.7. The molecule has 0 fully saturated rings. The van der Waals surface area contributed by atoms with E-state index in [4.69, 9.17) is 4.74 Å². The fourth-order valence-corrected chi connectivity index (χ4v) is 1.86. The summed E-state index contributed by atoms with van der Waals surface area (Å²) < 4.78 is 5.52. The molecular formula is C15H25NO2. The van der Waals surface area contributed by atoms with Crippen LogP contribution in [0.1, 0.15) is 20.3 Å². The van der Waals surface area contributed by atoms with Gasteiger partial charge in [-0.25, -0.2) is 0 Å². The molecule has 0 aliphatic carbocycles. The highest BCUT2D eigenvalue weighted by Crippen LogP contribution is 2.09. The van der Waals surface area contributed by atoms with Crippen molar-refractivity contribution in [1.29, 1.82) is 0 Å². The van der Waals surface area contributed by atoms with Crippen molar-refractivity contribution in [3.63, 3.8) is 0 Å². The second-order valence-electron chi connectivity index (χ2n) is 5.01. The summed E-state index contributed by atoms with van der Waals surface area (Å²) >= 11 is 0.